The largest absolute Gasteiger partial charge is 0.462 e. The molecule has 0 saturated heterocycles. The molecule has 0 amide bonds. The van der Waals surface area contributed by atoms with Gasteiger partial charge < -0.3 is 14.2 Å². The number of carbonyl (C=O) groups excluding carboxylic acids is 2. The lowest BCUT2D eigenvalue weighted by molar-refractivity contribution is -0.165. The Morgan fingerprint density at radius 2 is 1.70 bits per heavy atom. The highest BCUT2D eigenvalue weighted by atomic mass is 16.6. The van der Waals surface area contributed by atoms with Crippen LogP contribution >= 0.6 is 0 Å². The molecule has 4 saturated carbocycles. The van der Waals surface area contributed by atoms with E-state index in [9.17, 15) is 9.59 Å². The summed E-state index contributed by atoms with van der Waals surface area (Å²) in [6.07, 6.45) is 17.9. The maximum absolute atomic E-state index is 12.2. The van der Waals surface area contributed by atoms with Crippen molar-refractivity contribution < 1.29 is 23.8 Å². The first-order valence-electron chi connectivity index (χ1n) is 14.5. The van der Waals surface area contributed by atoms with Gasteiger partial charge >= 0.3 is 11.9 Å². The Kier molecular flexibility index (Phi) is 7.23. The first-order valence-corrected chi connectivity index (χ1v) is 14.5. The van der Waals surface area contributed by atoms with Gasteiger partial charge in [0.25, 0.3) is 0 Å². The van der Waals surface area contributed by atoms with E-state index in [-0.39, 0.29) is 41.1 Å². The summed E-state index contributed by atoms with van der Waals surface area (Å²) < 4.78 is 17.4. The van der Waals surface area contributed by atoms with Crippen LogP contribution in [-0.4, -0.2) is 37.4 Å². The maximum atomic E-state index is 12.2. The minimum absolute atomic E-state index is 0.236. The van der Waals surface area contributed by atoms with Crippen LogP contribution in [0, 0.1) is 40.4 Å². The first-order chi connectivity index (χ1) is 17.6. The number of esters is 2. The minimum Gasteiger partial charge on any atom is -0.462 e. The van der Waals surface area contributed by atoms with Crippen molar-refractivity contribution in [2.24, 2.45) is 40.4 Å². The second-order valence-corrected chi connectivity index (χ2v) is 13.0. The van der Waals surface area contributed by atoms with Crippen LogP contribution < -0.4 is 0 Å². The van der Waals surface area contributed by atoms with Crippen LogP contribution in [-0.2, 0) is 23.8 Å². The number of methoxy groups -OCH3 is 1. The summed E-state index contributed by atoms with van der Waals surface area (Å²) in [5, 5.41) is 0. The van der Waals surface area contributed by atoms with E-state index < -0.39 is 0 Å². The van der Waals surface area contributed by atoms with Crippen molar-refractivity contribution in [3.05, 3.63) is 35.5 Å². The Balaban J connectivity index is 1.40. The third-order valence-electron chi connectivity index (χ3n) is 10.9. The minimum atomic E-state index is -0.278. The molecule has 0 bridgehead atoms. The standard InChI is InChI=1S/C32H46O5/c1-19(7-14-29(35-6)22-8-9-22)26-12-13-27-25-11-10-23-17-24(36-20(2)33)18-30(37-21(3)34)32(23,5)28(25)15-16-31(26,27)4/h7,10-11,14,19,22,24,26-30H,8-9,12-13,15-18H2,1-6H3/b14-7+/t19-,24+,26+,27-,28-,29+,30-,31+,32-/m0/s1. The summed E-state index contributed by atoms with van der Waals surface area (Å²) in [5.41, 5.74) is 2.87. The molecule has 5 rings (SSSR count). The number of hydrogen-bond donors (Lipinski definition) is 0. The van der Waals surface area contributed by atoms with E-state index in [0.717, 1.165) is 12.8 Å². The Hall–Kier alpha value is -1.88. The van der Waals surface area contributed by atoms with Crippen molar-refractivity contribution in [1.82, 2.24) is 0 Å². The Bertz CT molecular complexity index is 1000. The second-order valence-electron chi connectivity index (χ2n) is 13.0. The number of ether oxygens (including phenoxy) is 3. The predicted molar refractivity (Wildman–Crippen MR) is 143 cm³/mol. The molecule has 4 fully saturated rings. The number of allylic oxidation sites excluding steroid dienone is 4. The zero-order valence-electron chi connectivity index (χ0n) is 23.6. The molecule has 0 unspecified atom stereocenters. The van der Waals surface area contributed by atoms with Crippen molar-refractivity contribution in [2.45, 2.75) is 104 Å². The monoisotopic (exact) mass is 510 g/mol. The van der Waals surface area contributed by atoms with Gasteiger partial charge in [0, 0.05) is 39.2 Å². The molecule has 0 N–H and O–H groups in total. The highest BCUT2D eigenvalue weighted by Gasteiger charge is 2.60. The van der Waals surface area contributed by atoms with Gasteiger partial charge in [0.15, 0.2) is 0 Å². The molecule has 5 aliphatic rings. The summed E-state index contributed by atoms with van der Waals surface area (Å²) in [5.74, 6) is 2.30. The van der Waals surface area contributed by atoms with E-state index in [1.807, 2.05) is 7.11 Å². The van der Waals surface area contributed by atoms with Crippen molar-refractivity contribution in [2.75, 3.05) is 7.11 Å². The molecule has 37 heavy (non-hydrogen) atoms. The van der Waals surface area contributed by atoms with Gasteiger partial charge in [0.2, 0.25) is 0 Å². The molecular weight excluding hydrogens is 464 g/mol. The van der Waals surface area contributed by atoms with Crippen LogP contribution in [0.25, 0.3) is 0 Å². The van der Waals surface area contributed by atoms with Gasteiger partial charge in [-0.15, -0.1) is 0 Å². The molecule has 0 heterocycles. The third-order valence-corrected chi connectivity index (χ3v) is 10.9. The summed E-state index contributed by atoms with van der Waals surface area (Å²) in [6.45, 7) is 10.2. The van der Waals surface area contributed by atoms with Crippen molar-refractivity contribution in [1.29, 1.82) is 0 Å². The van der Waals surface area contributed by atoms with E-state index >= 15 is 0 Å². The molecule has 0 spiro atoms. The lowest BCUT2D eigenvalue weighted by atomic mass is 9.49. The summed E-state index contributed by atoms with van der Waals surface area (Å²) >= 11 is 0. The van der Waals surface area contributed by atoms with Gasteiger partial charge in [-0.25, -0.2) is 0 Å². The highest BCUT2D eigenvalue weighted by Crippen LogP contribution is 2.66. The number of carbonyl (C=O) groups is 2. The van der Waals surface area contributed by atoms with Crippen molar-refractivity contribution in [3.63, 3.8) is 0 Å². The molecule has 9 atom stereocenters. The molecule has 0 radical (unpaired) electrons. The van der Waals surface area contributed by atoms with Gasteiger partial charge in [-0.1, -0.05) is 56.2 Å². The normalized spacial score (nSPS) is 40.5. The molecule has 204 valence electrons. The molecule has 5 heteroatoms. The van der Waals surface area contributed by atoms with Gasteiger partial charge in [-0.3, -0.25) is 9.59 Å². The van der Waals surface area contributed by atoms with Crippen LogP contribution in [0.15, 0.2) is 35.5 Å². The average Bonchev–Trinajstić information content (AvgIpc) is 3.60. The number of hydrogen-bond acceptors (Lipinski definition) is 5. The zero-order valence-corrected chi connectivity index (χ0v) is 23.6. The van der Waals surface area contributed by atoms with Gasteiger partial charge in [-0.2, -0.15) is 0 Å². The predicted octanol–water partition coefficient (Wildman–Crippen LogP) is 6.58. The van der Waals surface area contributed by atoms with Gasteiger partial charge in [0.05, 0.1) is 6.10 Å². The third kappa shape index (κ3) is 4.75. The first kappa shape index (κ1) is 26.7. The van der Waals surface area contributed by atoms with E-state index in [1.165, 1.54) is 51.5 Å². The molecule has 0 aromatic carbocycles. The van der Waals surface area contributed by atoms with E-state index in [4.69, 9.17) is 14.2 Å². The quantitative estimate of drug-likeness (QED) is 0.286. The zero-order chi connectivity index (χ0) is 26.5. The van der Waals surface area contributed by atoms with E-state index in [0.29, 0.717) is 36.0 Å². The summed E-state index contributed by atoms with van der Waals surface area (Å²) in [4.78, 5) is 23.9. The number of rotatable bonds is 7. The second kappa shape index (κ2) is 10.0. The molecule has 0 aromatic heterocycles. The molecule has 5 nitrogen and oxygen atoms in total. The molecule has 0 aliphatic heterocycles. The Labute approximate surface area is 223 Å². The van der Waals surface area contributed by atoms with E-state index in [1.54, 1.807) is 5.57 Å². The molecular formula is C32H46O5. The molecule has 0 aromatic rings. The van der Waals surface area contributed by atoms with Crippen molar-refractivity contribution in [3.8, 4) is 0 Å². The lowest BCUT2D eigenvalue weighted by Crippen LogP contribution is -2.54. The lowest BCUT2D eigenvalue weighted by Gasteiger charge is -2.57. The number of fused-ring (bicyclic) bond motifs is 5. The Morgan fingerprint density at radius 1 is 0.973 bits per heavy atom. The summed E-state index contributed by atoms with van der Waals surface area (Å²) in [7, 11) is 1.84. The smallest absolute Gasteiger partial charge is 0.302 e. The topological polar surface area (TPSA) is 61.8 Å². The average molecular weight is 511 g/mol. The van der Waals surface area contributed by atoms with Crippen LogP contribution in [0.3, 0.4) is 0 Å². The van der Waals surface area contributed by atoms with Crippen LogP contribution in [0.2, 0.25) is 0 Å². The fourth-order valence-corrected chi connectivity index (χ4v) is 8.88. The Morgan fingerprint density at radius 3 is 2.35 bits per heavy atom. The fraction of sp³-hybridized carbons (Fsp3) is 0.750. The van der Waals surface area contributed by atoms with E-state index in [2.05, 4.69) is 45.1 Å². The van der Waals surface area contributed by atoms with Crippen molar-refractivity contribution >= 4 is 11.9 Å². The van der Waals surface area contributed by atoms with Crippen LogP contribution in [0.4, 0.5) is 0 Å². The van der Waals surface area contributed by atoms with Gasteiger partial charge in [0.1, 0.15) is 12.2 Å². The van der Waals surface area contributed by atoms with Crippen LogP contribution in [0.5, 0.6) is 0 Å². The maximum Gasteiger partial charge on any atom is 0.302 e. The highest BCUT2D eigenvalue weighted by molar-refractivity contribution is 5.67. The van der Waals surface area contributed by atoms with Gasteiger partial charge in [-0.05, 0) is 73.5 Å². The SMILES string of the molecule is CO[C@H](/C=C/[C@H](C)[C@H]1CC[C@H]2C3=CC=C4C[C@@H](OC(C)=O)C[C@H](OC(C)=O)[C@]4(C)[C@H]3CC[C@]12C)C1CC1. The summed E-state index contributed by atoms with van der Waals surface area (Å²) in [6, 6.07) is 0. The van der Waals surface area contributed by atoms with Crippen LogP contribution in [0.1, 0.15) is 86.0 Å². The fourth-order valence-electron chi connectivity index (χ4n) is 8.88. The molecule has 5 aliphatic carbocycles.